The number of nitrogens with one attached hydrogen (secondary N) is 1. The Balaban J connectivity index is 1.56. The minimum absolute atomic E-state index is 0.0457. The molecule has 1 aromatic rings. The molecule has 0 bridgehead atoms. The van der Waals surface area contributed by atoms with Crippen LogP contribution in [0.5, 0.6) is 0 Å². The van der Waals surface area contributed by atoms with E-state index in [1.165, 1.54) is 28.0 Å². The first-order valence-corrected chi connectivity index (χ1v) is 14.8. The van der Waals surface area contributed by atoms with Gasteiger partial charge < -0.3 is 24.4 Å². The fourth-order valence-electron chi connectivity index (χ4n) is 4.77. The molecule has 0 unspecified atom stereocenters. The Labute approximate surface area is 245 Å². The normalized spacial score (nSPS) is 27.7. The van der Waals surface area contributed by atoms with Crippen LogP contribution in [0.1, 0.15) is 65.6 Å². The number of fused-ring (bicyclic) bond motifs is 3. The molecule has 0 radical (unpaired) electrons. The summed E-state index contributed by atoms with van der Waals surface area (Å²) in [7, 11) is 0. The number of thioether (sulfide) groups is 1. The maximum absolute atomic E-state index is 13.5. The molecular weight excluding hydrogens is 576 g/mol. The Morgan fingerprint density at radius 2 is 1.83 bits per heavy atom. The van der Waals surface area contributed by atoms with E-state index in [9.17, 15) is 24.0 Å². The number of ether oxygens (including phenoxy) is 3. The smallest absolute Gasteiger partial charge is 0.373 e. The van der Waals surface area contributed by atoms with Gasteiger partial charge in [0.05, 0.1) is 17.3 Å². The summed E-state index contributed by atoms with van der Waals surface area (Å²) in [5.74, 6) is -4.12. The average molecular weight is 611 g/mol. The monoisotopic (exact) mass is 610 g/mol. The van der Waals surface area contributed by atoms with E-state index in [1.54, 1.807) is 53.8 Å². The Hall–Kier alpha value is -3.20. The molecular formula is C26H34N4O9S2. The Morgan fingerprint density at radius 1 is 1.17 bits per heavy atom. The first-order chi connectivity index (χ1) is 18.9. The third kappa shape index (κ3) is 6.20. The van der Waals surface area contributed by atoms with Gasteiger partial charge in [0, 0.05) is 10.6 Å². The zero-order valence-corrected chi connectivity index (χ0v) is 25.8. The van der Waals surface area contributed by atoms with Gasteiger partial charge in [0.25, 0.3) is 17.5 Å². The van der Waals surface area contributed by atoms with Crippen molar-refractivity contribution in [2.24, 2.45) is 11.1 Å². The largest absolute Gasteiger partial charge is 0.457 e. The number of β-lactam (4-membered cyclic amide) rings is 1. The number of aromatic nitrogens is 1. The van der Waals surface area contributed by atoms with Crippen LogP contribution in [-0.4, -0.2) is 85.5 Å². The van der Waals surface area contributed by atoms with Crippen molar-refractivity contribution in [3.63, 3.8) is 0 Å². The van der Waals surface area contributed by atoms with Crippen molar-refractivity contribution in [3.8, 4) is 0 Å². The highest BCUT2D eigenvalue weighted by Gasteiger charge is 2.73. The zero-order valence-electron chi connectivity index (χ0n) is 24.1. The van der Waals surface area contributed by atoms with Gasteiger partial charge in [-0.05, 0) is 48.5 Å². The number of nitrogens with zero attached hydrogens (tertiary/aromatic N) is 3. The number of carbonyl (C=O) groups excluding carboxylic acids is 5. The number of esters is 3. The van der Waals surface area contributed by atoms with Crippen molar-refractivity contribution in [3.05, 3.63) is 16.1 Å². The van der Waals surface area contributed by atoms with Crippen LogP contribution in [0.3, 0.4) is 0 Å². The molecule has 224 valence electrons. The molecule has 4 rings (SSSR count). The van der Waals surface area contributed by atoms with E-state index in [4.69, 9.17) is 19.0 Å². The van der Waals surface area contributed by atoms with Gasteiger partial charge >= 0.3 is 17.9 Å². The van der Waals surface area contributed by atoms with Gasteiger partial charge in [-0.25, -0.2) is 14.6 Å². The van der Waals surface area contributed by atoms with Gasteiger partial charge in [-0.15, -0.1) is 23.1 Å². The van der Waals surface area contributed by atoms with Crippen LogP contribution in [-0.2, 0) is 43.0 Å². The van der Waals surface area contributed by atoms with Gasteiger partial charge in [-0.1, -0.05) is 12.1 Å². The second kappa shape index (κ2) is 10.9. The van der Waals surface area contributed by atoms with E-state index in [0.29, 0.717) is 5.01 Å². The lowest BCUT2D eigenvalue weighted by molar-refractivity contribution is -0.227. The number of oxime groups is 1. The number of rotatable bonds is 7. The zero-order chi connectivity index (χ0) is 30.5. The summed E-state index contributed by atoms with van der Waals surface area (Å²) in [4.78, 5) is 75.5. The second-order valence-electron chi connectivity index (χ2n) is 11.9. The van der Waals surface area contributed by atoms with E-state index in [-0.39, 0.29) is 23.1 Å². The molecule has 13 nitrogen and oxygen atoms in total. The molecule has 0 aromatic carbocycles. The summed E-state index contributed by atoms with van der Waals surface area (Å²) >= 11 is 2.62. The van der Waals surface area contributed by atoms with Crippen LogP contribution in [0, 0.1) is 12.8 Å². The number of hydrogen-bond donors (Lipinski definition) is 1. The number of hydrogen-bond acceptors (Lipinski definition) is 13. The van der Waals surface area contributed by atoms with Crippen molar-refractivity contribution in [1.82, 2.24) is 15.2 Å². The summed E-state index contributed by atoms with van der Waals surface area (Å²) in [6.07, 6.45) is -0.0457. The lowest BCUT2D eigenvalue weighted by Gasteiger charge is -2.58. The molecule has 1 N–H and O–H groups in total. The molecule has 2 amide bonds. The standard InChI is InChI=1S/C26H34N4O9S2/c1-12-14-9-16(31)38-26(14,23(35)39-25(6,7)8)30-21(34)19(22(30)41-12)28-20(33)18(15-11-40-13(2)27-15)29-36-10-17(32)37-24(3,4)5/h11-12,14,19,22H,9-10H2,1-8H3,(H,28,33)/b29-18-/t12-,14-,19+,22+,26+/m0/s1. The molecule has 3 saturated heterocycles. The maximum Gasteiger partial charge on any atom is 0.373 e. The lowest BCUT2D eigenvalue weighted by Crippen LogP contribution is -2.81. The molecule has 15 heteroatoms. The fourth-order valence-corrected chi connectivity index (χ4v) is 7.01. The summed E-state index contributed by atoms with van der Waals surface area (Å²) in [5, 5.41) is 7.75. The van der Waals surface area contributed by atoms with Crippen LogP contribution < -0.4 is 5.32 Å². The van der Waals surface area contributed by atoms with E-state index >= 15 is 0 Å². The highest BCUT2D eigenvalue weighted by Crippen LogP contribution is 2.55. The Kier molecular flexibility index (Phi) is 8.17. The van der Waals surface area contributed by atoms with E-state index in [1.807, 2.05) is 6.92 Å². The fraction of sp³-hybridized carbons (Fsp3) is 0.654. The quantitative estimate of drug-likeness (QED) is 0.158. The first kappa shape index (κ1) is 30.8. The van der Waals surface area contributed by atoms with E-state index in [2.05, 4.69) is 15.5 Å². The van der Waals surface area contributed by atoms with Crippen molar-refractivity contribution in [1.29, 1.82) is 0 Å². The molecule has 3 aliphatic rings. The molecule has 41 heavy (non-hydrogen) atoms. The van der Waals surface area contributed by atoms with Crippen molar-refractivity contribution >= 4 is 58.5 Å². The topological polar surface area (TPSA) is 163 Å². The number of thiazole rings is 1. The molecule has 0 saturated carbocycles. The van der Waals surface area contributed by atoms with Crippen LogP contribution in [0.2, 0.25) is 0 Å². The van der Waals surface area contributed by atoms with Crippen LogP contribution in [0.15, 0.2) is 10.5 Å². The van der Waals surface area contributed by atoms with Crippen molar-refractivity contribution < 1.29 is 43.0 Å². The Bertz CT molecular complexity index is 1300. The van der Waals surface area contributed by atoms with Gasteiger partial charge in [0.1, 0.15) is 28.3 Å². The Morgan fingerprint density at radius 3 is 2.41 bits per heavy atom. The maximum atomic E-state index is 13.5. The van der Waals surface area contributed by atoms with Crippen LogP contribution in [0.4, 0.5) is 0 Å². The highest BCUT2D eigenvalue weighted by atomic mass is 32.2. The second-order valence-corrected chi connectivity index (χ2v) is 14.5. The molecule has 3 fully saturated rings. The van der Waals surface area contributed by atoms with Crippen molar-refractivity contribution in [2.45, 2.75) is 95.4 Å². The highest BCUT2D eigenvalue weighted by molar-refractivity contribution is 8.00. The minimum atomic E-state index is -1.92. The van der Waals surface area contributed by atoms with Gasteiger partial charge in [0.2, 0.25) is 6.61 Å². The van der Waals surface area contributed by atoms with Crippen molar-refractivity contribution in [2.75, 3.05) is 6.61 Å². The predicted molar refractivity (Wildman–Crippen MR) is 148 cm³/mol. The number of carbonyl (C=O) groups is 5. The number of aryl methyl sites for hydroxylation is 1. The minimum Gasteiger partial charge on any atom is -0.457 e. The lowest BCUT2D eigenvalue weighted by atomic mass is 9.86. The molecule has 3 aliphatic heterocycles. The molecule has 0 spiro atoms. The summed E-state index contributed by atoms with van der Waals surface area (Å²) in [6.45, 7) is 13.2. The van der Waals surface area contributed by atoms with E-state index in [0.717, 1.165) is 0 Å². The third-order valence-corrected chi connectivity index (χ3v) is 8.59. The average Bonchev–Trinajstić information content (AvgIpc) is 3.41. The SMILES string of the molecule is Cc1nc(/C(=N/OCC(=O)OC(C)(C)C)C(=O)N[C@@H]2C(=O)N3[C@@H]2S[C@@H](C)[C@@H]2CC(=O)O[C@@]23C(=O)OC(C)(C)C)cs1. The summed E-state index contributed by atoms with van der Waals surface area (Å²) < 4.78 is 16.4. The molecule has 4 heterocycles. The molecule has 5 atom stereocenters. The van der Waals surface area contributed by atoms with Crippen LogP contribution in [0.25, 0.3) is 0 Å². The molecule has 0 aliphatic carbocycles. The van der Waals surface area contributed by atoms with Gasteiger partial charge in [-0.3, -0.25) is 19.3 Å². The summed E-state index contributed by atoms with van der Waals surface area (Å²) in [5.41, 5.74) is -3.60. The molecule has 1 aromatic heterocycles. The van der Waals surface area contributed by atoms with Gasteiger partial charge in [-0.2, -0.15) is 0 Å². The van der Waals surface area contributed by atoms with E-state index < -0.39 is 70.6 Å². The third-order valence-electron chi connectivity index (χ3n) is 6.29. The van der Waals surface area contributed by atoms with Gasteiger partial charge in [0.15, 0.2) is 5.71 Å². The van der Waals surface area contributed by atoms with Crippen LogP contribution >= 0.6 is 23.1 Å². The summed E-state index contributed by atoms with van der Waals surface area (Å²) in [6, 6.07) is -1.06. The predicted octanol–water partition coefficient (Wildman–Crippen LogP) is 1.90. The number of amides is 2. The first-order valence-electron chi connectivity index (χ1n) is 13.0.